The molecule has 1 aliphatic rings. The minimum Gasteiger partial charge on any atom is -0.385 e. The molecule has 2 aromatic carbocycles. The summed E-state index contributed by atoms with van der Waals surface area (Å²) in [6.07, 6.45) is 5.89. The summed E-state index contributed by atoms with van der Waals surface area (Å²) >= 11 is 0. The summed E-state index contributed by atoms with van der Waals surface area (Å²) < 4.78 is 73.6. The fourth-order valence-electron chi connectivity index (χ4n) is 4.01. The van der Waals surface area contributed by atoms with Crippen LogP contribution in [0.2, 0.25) is 0 Å². The van der Waals surface area contributed by atoms with Crippen LogP contribution in [0.4, 0.5) is 22.0 Å². The standard InChI is InChI=1S/C24H23F5O/c1-30-10-2-3-15-4-7-17(8-5-15)18-13-20(25)19(21(26)14-18)9-6-16-11-22(27)24(29)23(28)12-16/h11-15,17H,2-5,7-8,10H2,1H3. The van der Waals surface area contributed by atoms with Gasteiger partial charge in [0.2, 0.25) is 0 Å². The van der Waals surface area contributed by atoms with E-state index >= 15 is 0 Å². The van der Waals surface area contributed by atoms with Crippen LogP contribution in [0.5, 0.6) is 0 Å². The molecule has 0 aromatic heterocycles. The first-order chi connectivity index (χ1) is 14.4. The molecule has 1 fully saturated rings. The molecular weight excluding hydrogens is 399 g/mol. The van der Waals surface area contributed by atoms with Crippen LogP contribution in [0.3, 0.4) is 0 Å². The number of rotatable bonds is 5. The zero-order valence-electron chi connectivity index (χ0n) is 16.7. The van der Waals surface area contributed by atoms with Gasteiger partial charge in [0, 0.05) is 19.3 Å². The molecular formula is C24H23F5O. The van der Waals surface area contributed by atoms with Gasteiger partial charge < -0.3 is 4.74 Å². The van der Waals surface area contributed by atoms with Gasteiger partial charge in [0.15, 0.2) is 17.5 Å². The van der Waals surface area contributed by atoms with Gasteiger partial charge in [-0.1, -0.05) is 11.8 Å². The van der Waals surface area contributed by atoms with Crippen molar-refractivity contribution in [3.63, 3.8) is 0 Å². The second kappa shape index (κ2) is 10.1. The number of hydrogen-bond acceptors (Lipinski definition) is 1. The molecule has 0 unspecified atom stereocenters. The first-order valence-electron chi connectivity index (χ1n) is 10.0. The molecule has 1 nitrogen and oxygen atoms in total. The largest absolute Gasteiger partial charge is 0.385 e. The van der Waals surface area contributed by atoms with E-state index in [0.29, 0.717) is 23.6 Å². The monoisotopic (exact) mass is 422 g/mol. The van der Waals surface area contributed by atoms with Crippen LogP contribution in [0, 0.1) is 46.8 Å². The molecule has 3 rings (SSSR count). The Bertz CT molecular complexity index is 906. The van der Waals surface area contributed by atoms with E-state index in [9.17, 15) is 22.0 Å². The molecule has 0 heterocycles. The van der Waals surface area contributed by atoms with Crippen molar-refractivity contribution >= 4 is 0 Å². The Morgan fingerprint density at radius 1 is 0.833 bits per heavy atom. The van der Waals surface area contributed by atoms with Crippen LogP contribution in [-0.2, 0) is 4.74 Å². The lowest BCUT2D eigenvalue weighted by Gasteiger charge is -2.29. The van der Waals surface area contributed by atoms with Gasteiger partial charge in [-0.15, -0.1) is 0 Å². The molecule has 1 saturated carbocycles. The Kier molecular flexibility index (Phi) is 7.49. The van der Waals surface area contributed by atoms with Crippen molar-refractivity contribution in [2.24, 2.45) is 5.92 Å². The first-order valence-corrected chi connectivity index (χ1v) is 10.0. The lowest BCUT2D eigenvalue weighted by atomic mass is 9.77. The van der Waals surface area contributed by atoms with E-state index in [-0.39, 0.29) is 11.5 Å². The van der Waals surface area contributed by atoms with Crippen molar-refractivity contribution in [1.82, 2.24) is 0 Å². The van der Waals surface area contributed by atoms with E-state index in [1.807, 2.05) is 0 Å². The zero-order chi connectivity index (χ0) is 21.7. The SMILES string of the molecule is COCCCC1CCC(c2cc(F)c(C#Cc3cc(F)c(F)c(F)c3)c(F)c2)CC1. The Morgan fingerprint density at radius 2 is 1.43 bits per heavy atom. The highest BCUT2D eigenvalue weighted by atomic mass is 19.2. The molecule has 0 spiro atoms. The van der Waals surface area contributed by atoms with Crippen molar-refractivity contribution in [3.8, 4) is 11.8 Å². The first kappa shape index (κ1) is 22.3. The second-order valence-electron chi connectivity index (χ2n) is 7.72. The molecule has 30 heavy (non-hydrogen) atoms. The van der Waals surface area contributed by atoms with Gasteiger partial charge in [0.1, 0.15) is 11.6 Å². The van der Waals surface area contributed by atoms with Gasteiger partial charge in [-0.25, -0.2) is 22.0 Å². The number of methoxy groups -OCH3 is 1. The molecule has 160 valence electrons. The summed E-state index contributed by atoms with van der Waals surface area (Å²) in [5.74, 6) is -0.792. The van der Waals surface area contributed by atoms with Crippen molar-refractivity contribution in [1.29, 1.82) is 0 Å². The van der Waals surface area contributed by atoms with Crippen molar-refractivity contribution in [2.45, 2.75) is 44.4 Å². The maximum Gasteiger partial charge on any atom is 0.194 e. The summed E-state index contributed by atoms with van der Waals surface area (Å²) in [5, 5.41) is 0. The van der Waals surface area contributed by atoms with Crippen molar-refractivity contribution < 1.29 is 26.7 Å². The van der Waals surface area contributed by atoms with Crippen LogP contribution in [-0.4, -0.2) is 13.7 Å². The van der Waals surface area contributed by atoms with Gasteiger partial charge >= 0.3 is 0 Å². The Labute approximate surface area is 173 Å². The van der Waals surface area contributed by atoms with Crippen molar-refractivity contribution in [2.75, 3.05) is 13.7 Å². The molecule has 0 amide bonds. The molecule has 1 aliphatic carbocycles. The predicted molar refractivity (Wildman–Crippen MR) is 104 cm³/mol. The van der Waals surface area contributed by atoms with E-state index in [4.69, 9.17) is 4.74 Å². The number of ether oxygens (including phenoxy) is 1. The van der Waals surface area contributed by atoms with E-state index in [2.05, 4.69) is 11.8 Å². The third-order valence-corrected chi connectivity index (χ3v) is 5.66. The lowest BCUT2D eigenvalue weighted by Crippen LogP contribution is -2.14. The topological polar surface area (TPSA) is 9.23 Å². The van der Waals surface area contributed by atoms with Crippen LogP contribution < -0.4 is 0 Å². The third-order valence-electron chi connectivity index (χ3n) is 5.66. The summed E-state index contributed by atoms with van der Waals surface area (Å²) in [6.45, 7) is 0.746. The van der Waals surface area contributed by atoms with Gasteiger partial charge in [-0.3, -0.25) is 0 Å². The Morgan fingerprint density at radius 3 is 2.00 bits per heavy atom. The molecule has 0 radical (unpaired) electrons. The van der Waals surface area contributed by atoms with Crippen LogP contribution in [0.1, 0.15) is 61.1 Å². The van der Waals surface area contributed by atoms with E-state index in [1.165, 1.54) is 12.1 Å². The fraction of sp³-hybridized carbons (Fsp3) is 0.417. The lowest BCUT2D eigenvalue weighted by molar-refractivity contribution is 0.180. The number of hydrogen-bond donors (Lipinski definition) is 0. The molecule has 6 heteroatoms. The van der Waals surface area contributed by atoms with E-state index in [0.717, 1.165) is 45.1 Å². The molecule has 0 N–H and O–H groups in total. The highest BCUT2D eigenvalue weighted by Gasteiger charge is 2.24. The highest BCUT2D eigenvalue weighted by molar-refractivity contribution is 5.45. The Balaban J connectivity index is 1.71. The third kappa shape index (κ3) is 5.40. The van der Waals surface area contributed by atoms with Crippen molar-refractivity contribution in [3.05, 3.63) is 70.0 Å². The average molecular weight is 422 g/mol. The predicted octanol–water partition coefficient (Wildman–Crippen LogP) is 6.48. The molecule has 0 bridgehead atoms. The van der Waals surface area contributed by atoms with Gasteiger partial charge in [0.25, 0.3) is 0 Å². The van der Waals surface area contributed by atoms with Crippen LogP contribution >= 0.6 is 0 Å². The number of halogens is 5. The van der Waals surface area contributed by atoms with Gasteiger partial charge in [-0.2, -0.15) is 0 Å². The maximum absolute atomic E-state index is 14.5. The maximum atomic E-state index is 14.5. The molecule has 0 saturated heterocycles. The second-order valence-corrected chi connectivity index (χ2v) is 7.72. The quantitative estimate of drug-likeness (QED) is 0.232. The minimum atomic E-state index is -1.62. The van der Waals surface area contributed by atoms with Crippen LogP contribution in [0.15, 0.2) is 24.3 Å². The van der Waals surface area contributed by atoms with Crippen LogP contribution in [0.25, 0.3) is 0 Å². The van der Waals surface area contributed by atoms with E-state index in [1.54, 1.807) is 7.11 Å². The molecule has 0 aliphatic heterocycles. The fourth-order valence-corrected chi connectivity index (χ4v) is 4.01. The normalized spacial score (nSPS) is 18.7. The molecule has 2 aromatic rings. The summed E-state index contributed by atoms with van der Waals surface area (Å²) in [5.41, 5.74) is -0.0806. The zero-order valence-corrected chi connectivity index (χ0v) is 16.7. The number of benzene rings is 2. The Hall–Kier alpha value is -2.39. The van der Waals surface area contributed by atoms with E-state index < -0.39 is 34.6 Å². The highest BCUT2D eigenvalue weighted by Crippen LogP contribution is 2.38. The smallest absolute Gasteiger partial charge is 0.194 e. The van der Waals surface area contributed by atoms with Gasteiger partial charge in [0.05, 0.1) is 5.56 Å². The summed E-state index contributed by atoms with van der Waals surface area (Å²) in [6, 6.07) is 3.94. The molecule has 0 atom stereocenters. The average Bonchev–Trinajstić information content (AvgIpc) is 2.72. The van der Waals surface area contributed by atoms with Gasteiger partial charge in [-0.05, 0) is 80.2 Å². The summed E-state index contributed by atoms with van der Waals surface area (Å²) in [7, 11) is 1.68. The minimum absolute atomic E-state index is 0.0926. The summed E-state index contributed by atoms with van der Waals surface area (Å²) in [4.78, 5) is 0.